The zero-order chi connectivity index (χ0) is 36.3. The van der Waals surface area contributed by atoms with Crippen LogP contribution in [0.5, 0.6) is 0 Å². The minimum absolute atomic E-state index is 0.353. The highest BCUT2D eigenvalue weighted by Gasteiger charge is 2.51. The molecule has 0 saturated heterocycles. The van der Waals surface area contributed by atoms with E-state index < -0.39 is 0 Å². The second-order valence-electron chi connectivity index (χ2n) is 14.8. The van der Waals surface area contributed by atoms with Crippen molar-refractivity contribution >= 4 is 0 Å². The van der Waals surface area contributed by atoms with Crippen LogP contribution in [0.15, 0.2) is 218 Å². The highest BCUT2D eigenvalue weighted by Crippen LogP contribution is 2.63. The minimum Gasteiger partial charge on any atom is -0.0622 e. The molecule has 0 heteroatoms. The Kier molecular flexibility index (Phi) is 7.19. The molecule has 0 bridgehead atoms. The summed E-state index contributed by atoms with van der Waals surface area (Å²) in [6, 6.07) is 80.7. The highest BCUT2D eigenvalue weighted by atomic mass is 14.5. The summed E-state index contributed by atoms with van der Waals surface area (Å²) in [7, 11) is 0. The second kappa shape index (κ2) is 12.5. The molecule has 55 heavy (non-hydrogen) atoms. The van der Waals surface area contributed by atoms with Crippen LogP contribution in [0.1, 0.15) is 22.3 Å². The van der Waals surface area contributed by atoms with E-state index in [9.17, 15) is 0 Å². The number of rotatable bonds is 5. The lowest BCUT2D eigenvalue weighted by atomic mass is 9.70. The van der Waals surface area contributed by atoms with Gasteiger partial charge in [-0.1, -0.05) is 182 Å². The summed E-state index contributed by atoms with van der Waals surface area (Å²) >= 11 is 0. The molecule has 0 N–H and O–H groups in total. The molecule has 0 atom stereocenters. The monoisotopic (exact) mass is 696 g/mol. The fourth-order valence-corrected chi connectivity index (χ4v) is 9.42. The largest absolute Gasteiger partial charge is 0.0725 e. The van der Waals surface area contributed by atoms with E-state index in [1.807, 2.05) is 0 Å². The molecule has 0 heterocycles. The molecule has 0 aromatic heterocycles. The van der Waals surface area contributed by atoms with Gasteiger partial charge in [0.25, 0.3) is 0 Å². The first-order chi connectivity index (χ1) is 27.3. The summed E-state index contributed by atoms with van der Waals surface area (Å²) in [4.78, 5) is 0. The molecule has 0 nitrogen and oxygen atoms in total. The van der Waals surface area contributed by atoms with Gasteiger partial charge in [-0.05, 0) is 137 Å². The van der Waals surface area contributed by atoms with Gasteiger partial charge in [0.15, 0.2) is 0 Å². The third-order valence-electron chi connectivity index (χ3n) is 11.9. The van der Waals surface area contributed by atoms with E-state index in [1.165, 1.54) is 100 Å². The molecular formula is C55H36. The molecule has 9 aromatic rings. The molecule has 0 fully saturated rings. The van der Waals surface area contributed by atoms with Gasteiger partial charge < -0.3 is 0 Å². The number of hydrogen-bond donors (Lipinski definition) is 0. The Balaban J connectivity index is 1.02. The second-order valence-corrected chi connectivity index (χ2v) is 14.8. The Hall–Kier alpha value is -7.02. The SMILES string of the molecule is c1ccc(-c2cc(-c3ccccc3)cc(-c3cccc(-c4cccc(-c5ccc6c(c5)C5(c7ccccc7-c7ccccc75)c5ccccc5-6)c4)c3)c2)cc1. The van der Waals surface area contributed by atoms with E-state index in [0.717, 1.165) is 0 Å². The predicted molar refractivity (Wildman–Crippen MR) is 230 cm³/mol. The van der Waals surface area contributed by atoms with Crippen LogP contribution in [0.2, 0.25) is 0 Å². The van der Waals surface area contributed by atoms with Gasteiger partial charge >= 0.3 is 0 Å². The first-order valence-electron chi connectivity index (χ1n) is 19.2. The van der Waals surface area contributed by atoms with Crippen LogP contribution in [0, 0.1) is 0 Å². The van der Waals surface area contributed by atoms with Crippen LogP contribution in [-0.4, -0.2) is 0 Å². The fraction of sp³-hybridized carbons (Fsp3) is 0.0182. The van der Waals surface area contributed by atoms with E-state index in [1.54, 1.807) is 0 Å². The number of hydrogen-bond acceptors (Lipinski definition) is 0. The summed E-state index contributed by atoms with van der Waals surface area (Å²) in [5.74, 6) is 0. The molecule has 0 unspecified atom stereocenters. The molecule has 0 saturated carbocycles. The Morgan fingerprint density at radius 1 is 0.182 bits per heavy atom. The zero-order valence-corrected chi connectivity index (χ0v) is 30.3. The van der Waals surface area contributed by atoms with Crippen LogP contribution in [0.25, 0.3) is 77.9 Å². The van der Waals surface area contributed by atoms with Crippen molar-refractivity contribution in [2.24, 2.45) is 0 Å². The molecule has 0 aliphatic heterocycles. The van der Waals surface area contributed by atoms with Crippen molar-refractivity contribution in [3.63, 3.8) is 0 Å². The van der Waals surface area contributed by atoms with Crippen molar-refractivity contribution in [2.75, 3.05) is 0 Å². The molecule has 0 radical (unpaired) electrons. The van der Waals surface area contributed by atoms with Gasteiger partial charge in [-0.25, -0.2) is 0 Å². The van der Waals surface area contributed by atoms with Crippen LogP contribution >= 0.6 is 0 Å². The van der Waals surface area contributed by atoms with Crippen LogP contribution in [0.3, 0.4) is 0 Å². The molecule has 0 amide bonds. The third-order valence-corrected chi connectivity index (χ3v) is 11.9. The van der Waals surface area contributed by atoms with Crippen molar-refractivity contribution < 1.29 is 0 Å². The molecule has 2 aliphatic rings. The Labute approximate surface area is 322 Å². The minimum atomic E-state index is -0.353. The molecule has 256 valence electrons. The maximum absolute atomic E-state index is 2.48. The van der Waals surface area contributed by atoms with Gasteiger partial charge in [0, 0.05) is 0 Å². The number of benzene rings is 9. The van der Waals surface area contributed by atoms with E-state index in [-0.39, 0.29) is 5.41 Å². The van der Waals surface area contributed by atoms with Crippen molar-refractivity contribution in [1.29, 1.82) is 0 Å². The van der Waals surface area contributed by atoms with Crippen molar-refractivity contribution in [1.82, 2.24) is 0 Å². The molecule has 11 rings (SSSR count). The van der Waals surface area contributed by atoms with Gasteiger partial charge in [0.05, 0.1) is 5.41 Å². The first kappa shape index (κ1) is 31.5. The Bertz CT molecular complexity index is 2790. The Morgan fingerprint density at radius 2 is 0.491 bits per heavy atom. The van der Waals surface area contributed by atoms with E-state index in [2.05, 4.69) is 218 Å². The lowest BCUT2D eigenvalue weighted by Gasteiger charge is -2.30. The summed E-state index contributed by atoms with van der Waals surface area (Å²) in [5.41, 5.74) is 22.6. The van der Waals surface area contributed by atoms with Gasteiger partial charge in [-0.2, -0.15) is 0 Å². The zero-order valence-electron chi connectivity index (χ0n) is 30.3. The fourth-order valence-electron chi connectivity index (χ4n) is 9.42. The van der Waals surface area contributed by atoms with E-state index in [4.69, 9.17) is 0 Å². The lowest BCUT2D eigenvalue weighted by Crippen LogP contribution is -2.25. The normalized spacial score (nSPS) is 12.9. The van der Waals surface area contributed by atoms with Crippen molar-refractivity contribution in [2.45, 2.75) is 5.41 Å². The van der Waals surface area contributed by atoms with Crippen LogP contribution in [-0.2, 0) is 5.41 Å². The molecule has 1 spiro atoms. The molecular weight excluding hydrogens is 661 g/mol. The topological polar surface area (TPSA) is 0 Å². The predicted octanol–water partition coefficient (Wildman–Crippen LogP) is 14.4. The van der Waals surface area contributed by atoms with Gasteiger partial charge in [0.2, 0.25) is 0 Å². The Morgan fingerprint density at radius 3 is 0.945 bits per heavy atom. The average Bonchev–Trinajstić information content (AvgIpc) is 3.74. The lowest BCUT2D eigenvalue weighted by molar-refractivity contribution is 0.794. The smallest absolute Gasteiger partial charge is 0.0622 e. The van der Waals surface area contributed by atoms with Gasteiger partial charge in [-0.15, -0.1) is 0 Å². The molecule has 9 aromatic carbocycles. The van der Waals surface area contributed by atoms with E-state index >= 15 is 0 Å². The number of fused-ring (bicyclic) bond motifs is 10. The maximum Gasteiger partial charge on any atom is 0.0725 e. The summed E-state index contributed by atoms with van der Waals surface area (Å²) in [6.45, 7) is 0. The maximum atomic E-state index is 2.48. The van der Waals surface area contributed by atoms with Crippen LogP contribution < -0.4 is 0 Å². The van der Waals surface area contributed by atoms with Crippen molar-refractivity contribution in [3.05, 3.63) is 241 Å². The van der Waals surface area contributed by atoms with E-state index in [0.29, 0.717) is 0 Å². The first-order valence-corrected chi connectivity index (χ1v) is 19.2. The van der Waals surface area contributed by atoms with Gasteiger partial charge in [-0.3, -0.25) is 0 Å². The third kappa shape index (κ3) is 4.92. The van der Waals surface area contributed by atoms with Crippen LogP contribution in [0.4, 0.5) is 0 Å². The van der Waals surface area contributed by atoms with Crippen molar-refractivity contribution in [3.8, 4) is 77.9 Å². The highest BCUT2D eigenvalue weighted by molar-refractivity contribution is 5.96. The average molecular weight is 697 g/mol. The quantitative estimate of drug-likeness (QED) is 0.168. The summed E-state index contributed by atoms with van der Waals surface area (Å²) in [6.07, 6.45) is 0. The standard InChI is InChI=1S/C55H36/c1-3-15-37(16-4-1)44-33-45(38-17-5-2-6-18-38)35-46(34-44)42-22-14-20-40(32-42)39-19-13-21-41(31-39)43-29-30-50-49-25-9-12-28-53(49)55(54(50)36-43)51-26-10-7-23-47(51)48-24-8-11-27-52(48)55/h1-36H. The summed E-state index contributed by atoms with van der Waals surface area (Å²) in [5, 5.41) is 0. The molecule has 2 aliphatic carbocycles. The van der Waals surface area contributed by atoms with Gasteiger partial charge in [0.1, 0.15) is 0 Å². The summed E-state index contributed by atoms with van der Waals surface area (Å²) < 4.78 is 0.